The van der Waals surface area contributed by atoms with Gasteiger partial charge in [0.1, 0.15) is 6.04 Å². The quantitative estimate of drug-likeness (QED) is 0.0998. The number of hydrogen-bond donors (Lipinski definition) is 4. The molecule has 2 aromatic carbocycles. The van der Waals surface area contributed by atoms with Crippen LogP contribution in [0.1, 0.15) is 54.9 Å². The molecule has 0 unspecified atom stereocenters. The van der Waals surface area contributed by atoms with Crippen LogP contribution in [0, 0.1) is 18.8 Å². The van der Waals surface area contributed by atoms with Gasteiger partial charge in [0.15, 0.2) is 0 Å². The Hall–Kier alpha value is -3.85. The minimum absolute atomic E-state index is 0.0484. The van der Waals surface area contributed by atoms with E-state index in [9.17, 15) is 23.1 Å². The SMILES string of the molecule is Cc1nc(CN(C)C(=O)N[C@H](C(=O)N[C@@H](Cc2ccccc2)[C@@H](O)CN(CC2CCC2)S(=O)(=O)c2ccc(C=NO)cc2)C(C)C)cs1. The molecule has 0 radical (unpaired) electrons. The maximum absolute atomic E-state index is 13.9. The van der Waals surface area contributed by atoms with Crippen LogP contribution in [0.4, 0.5) is 4.79 Å². The van der Waals surface area contributed by atoms with Gasteiger partial charge in [-0.1, -0.05) is 67.9 Å². The maximum Gasteiger partial charge on any atom is 0.318 e. The predicted octanol–water partition coefficient (Wildman–Crippen LogP) is 4.01. The van der Waals surface area contributed by atoms with Gasteiger partial charge in [0, 0.05) is 25.5 Å². The lowest BCUT2D eigenvalue weighted by molar-refractivity contribution is -0.125. The number of oxime groups is 1. The molecule has 1 heterocycles. The van der Waals surface area contributed by atoms with Crippen molar-refractivity contribution in [3.63, 3.8) is 0 Å². The molecule has 3 aromatic rings. The van der Waals surface area contributed by atoms with Crippen molar-refractivity contribution in [3.05, 3.63) is 81.8 Å². The van der Waals surface area contributed by atoms with E-state index in [-0.39, 0.29) is 42.8 Å². The van der Waals surface area contributed by atoms with Gasteiger partial charge in [-0.2, -0.15) is 4.31 Å². The van der Waals surface area contributed by atoms with Gasteiger partial charge in [-0.25, -0.2) is 18.2 Å². The van der Waals surface area contributed by atoms with Crippen LogP contribution in [0.15, 0.2) is 70.0 Å². The van der Waals surface area contributed by atoms with Crippen molar-refractivity contribution in [3.8, 4) is 0 Å². The van der Waals surface area contributed by atoms with E-state index < -0.39 is 40.1 Å². The highest BCUT2D eigenvalue weighted by molar-refractivity contribution is 7.89. The fourth-order valence-corrected chi connectivity index (χ4v) is 7.65. The molecule has 48 heavy (non-hydrogen) atoms. The van der Waals surface area contributed by atoms with Gasteiger partial charge in [-0.3, -0.25) is 4.79 Å². The molecule has 4 N–H and O–H groups in total. The summed E-state index contributed by atoms with van der Waals surface area (Å²) in [5.41, 5.74) is 2.13. The lowest BCUT2D eigenvalue weighted by atomic mass is 9.85. The lowest BCUT2D eigenvalue weighted by Crippen LogP contribution is -2.58. The van der Waals surface area contributed by atoms with Crippen LogP contribution in [-0.2, 0) is 27.8 Å². The summed E-state index contributed by atoms with van der Waals surface area (Å²) in [6.07, 6.45) is 2.97. The second kappa shape index (κ2) is 17.0. The summed E-state index contributed by atoms with van der Waals surface area (Å²) in [4.78, 5) is 32.9. The molecule has 1 aliphatic rings. The molecule has 3 atom stereocenters. The molecule has 1 aliphatic carbocycles. The van der Waals surface area contributed by atoms with Gasteiger partial charge in [-0.15, -0.1) is 11.3 Å². The molecule has 0 spiro atoms. The molecule has 1 fully saturated rings. The normalized spacial score (nSPS) is 15.6. The van der Waals surface area contributed by atoms with E-state index in [1.54, 1.807) is 19.2 Å². The molecule has 260 valence electrons. The Labute approximate surface area is 286 Å². The minimum Gasteiger partial charge on any atom is -0.411 e. The number of hydrogen-bond acceptors (Lipinski definition) is 9. The van der Waals surface area contributed by atoms with Gasteiger partial charge in [-0.05, 0) is 61.3 Å². The number of amides is 3. The number of thiazole rings is 1. The van der Waals surface area contributed by atoms with E-state index in [1.807, 2.05) is 56.5 Å². The first kappa shape index (κ1) is 37.0. The third-order valence-corrected chi connectivity index (χ3v) is 11.2. The first-order valence-electron chi connectivity index (χ1n) is 16.1. The van der Waals surface area contributed by atoms with Gasteiger partial charge < -0.3 is 25.8 Å². The van der Waals surface area contributed by atoms with E-state index >= 15 is 0 Å². The zero-order valence-electron chi connectivity index (χ0n) is 27.8. The molecule has 1 aromatic heterocycles. The van der Waals surface area contributed by atoms with Gasteiger partial charge in [0.25, 0.3) is 0 Å². The van der Waals surface area contributed by atoms with Crippen LogP contribution in [0.3, 0.4) is 0 Å². The molecule has 0 aliphatic heterocycles. The van der Waals surface area contributed by atoms with Crippen molar-refractivity contribution in [2.24, 2.45) is 17.0 Å². The summed E-state index contributed by atoms with van der Waals surface area (Å²) in [5, 5.41) is 32.1. The second-order valence-electron chi connectivity index (χ2n) is 12.7. The third kappa shape index (κ3) is 10.1. The summed E-state index contributed by atoms with van der Waals surface area (Å²) in [6.45, 7) is 5.80. The maximum atomic E-state index is 13.9. The Kier molecular flexibility index (Phi) is 13.1. The lowest BCUT2D eigenvalue weighted by Gasteiger charge is -2.35. The average Bonchev–Trinajstić information content (AvgIpc) is 3.44. The fraction of sp³-hybridized carbons (Fsp3) is 0.471. The molecule has 4 rings (SSSR count). The van der Waals surface area contributed by atoms with Gasteiger partial charge in [0.05, 0.1) is 40.5 Å². The summed E-state index contributed by atoms with van der Waals surface area (Å²) in [5.74, 6) is -0.598. The number of sulfonamides is 1. The molecular weight excluding hydrogens is 653 g/mol. The molecule has 1 saturated carbocycles. The van der Waals surface area contributed by atoms with E-state index in [2.05, 4.69) is 20.8 Å². The van der Waals surface area contributed by atoms with Crippen LogP contribution in [0.25, 0.3) is 0 Å². The van der Waals surface area contributed by atoms with Crippen molar-refractivity contribution in [1.29, 1.82) is 0 Å². The summed E-state index contributed by atoms with van der Waals surface area (Å²) in [6, 6.07) is 13.1. The van der Waals surface area contributed by atoms with E-state index in [4.69, 9.17) is 5.21 Å². The number of aliphatic hydroxyl groups excluding tert-OH is 1. The highest BCUT2D eigenvalue weighted by Gasteiger charge is 2.35. The van der Waals surface area contributed by atoms with Crippen LogP contribution in [-0.4, -0.2) is 89.4 Å². The first-order valence-corrected chi connectivity index (χ1v) is 18.4. The highest BCUT2D eigenvalue weighted by atomic mass is 32.2. The minimum atomic E-state index is -4.03. The van der Waals surface area contributed by atoms with E-state index in [1.165, 1.54) is 38.9 Å². The number of nitrogens with zero attached hydrogens (tertiary/aromatic N) is 4. The summed E-state index contributed by atoms with van der Waals surface area (Å²) in [7, 11) is -2.40. The van der Waals surface area contributed by atoms with Crippen LogP contribution < -0.4 is 10.6 Å². The van der Waals surface area contributed by atoms with Crippen molar-refractivity contribution in [2.75, 3.05) is 20.1 Å². The Morgan fingerprint density at radius 1 is 1.10 bits per heavy atom. The second-order valence-corrected chi connectivity index (χ2v) is 15.7. The molecule has 0 saturated heterocycles. The standard InChI is InChI=1S/C34H46N6O6S2/c1-23(2)32(38-34(43)39(4)20-28-22-47-24(3)36-28)33(42)37-30(17-25-9-6-5-7-10-25)31(41)21-40(19-27-11-8-12-27)48(45,46)29-15-13-26(14-16-29)18-35-44/h5-7,9-10,13-16,18,22-23,27,30-32,41,44H,8,11-12,17,19-21H2,1-4H3,(H,37,42)(H,38,43)/t30-,31-,32-/m0/s1. The number of rotatable bonds is 16. The first-order chi connectivity index (χ1) is 22.9. The summed E-state index contributed by atoms with van der Waals surface area (Å²) >= 11 is 1.49. The monoisotopic (exact) mass is 698 g/mol. The van der Waals surface area contributed by atoms with Crippen molar-refractivity contribution < 1.29 is 28.3 Å². The van der Waals surface area contributed by atoms with Gasteiger partial charge >= 0.3 is 6.03 Å². The largest absolute Gasteiger partial charge is 0.411 e. The Bertz CT molecular complexity index is 1630. The zero-order valence-corrected chi connectivity index (χ0v) is 29.5. The number of benzene rings is 2. The zero-order chi connectivity index (χ0) is 34.8. The van der Waals surface area contributed by atoms with Crippen LogP contribution in [0.2, 0.25) is 0 Å². The number of aromatic nitrogens is 1. The molecule has 12 nitrogen and oxygen atoms in total. The van der Waals surface area contributed by atoms with Crippen LogP contribution >= 0.6 is 11.3 Å². The smallest absolute Gasteiger partial charge is 0.318 e. The van der Waals surface area contributed by atoms with E-state index in [0.29, 0.717) is 5.56 Å². The summed E-state index contributed by atoms with van der Waals surface area (Å²) < 4.78 is 29.1. The number of carbonyl (C=O) groups is 2. The Balaban J connectivity index is 1.54. The number of nitrogens with one attached hydrogen (secondary N) is 2. The predicted molar refractivity (Wildman–Crippen MR) is 185 cm³/mol. The van der Waals surface area contributed by atoms with Crippen molar-refractivity contribution in [2.45, 2.75) is 76.1 Å². The average molecular weight is 699 g/mol. The number of aliphatic hydroxyl groups is 1. The fourth-order valence-electron chi connectivity index (χ4n) is 5.51. The van der Waals surface area contributed by atoms with Crippen LogP contribution in [0.5, 0.6) is 0 Å². The number of aryl methyl sites for hydroxylation is 1. The molecule has 0 bridgehead atoms. The Morgan fingerprint density at radius 3 is 2.35 bits per heavy atom. The van der Waals surface area contributed by atoms with Gasteiger partial charge in [0.2, 0.25) is 15.9 Å². The highest BCUT2D eigenvalue weighted by Crippen LogP contribution is 2.30. The van der Waals surface area contributed by atoms with Crippen molar-refractivity contribution in [1.82, 2.24) is 24.8 Å². The third-order valence-electron chi connectivity index (χ3n) is 8.53. The number of urea groups is 1. The molecular formula is C34H46N6O6S2. The molecule has 3 amide bonds. The Morgan fingerprint density at radius 2 is 1.79 bits per heavy atom. The molecule has 14 heteroatoms. The number of carbonyl (C=O) groups excluding carboxylic acids is 2. The van der Waals surface area contributed by atoms with Crippen molar-refractivity contribution >= 4 is 39.5 Å². The topological polar surface area (TPSA) is 165 Å². The van der Waals surface area contributed by atoms with E-state index in [0.717, 1.165) is 35.5 Å².